The van der Waals surface area contributed by atoms with E-state index in [-0.39, 0.29) is 16.2 Å². The number of amides is 1. The molecule has 1 N–H and O–H groups in total. The lowest BCUT2D eigenvalue weighted by molar-refractivity contribution is -0.119. The van der Waals surface area contributed by atoms with Crippen molar-refractivity contribution in [2.24, 2.45) is 0 Å². The number of benzene rings is 2. The summed E-state index contributed by atoms with van der Waals surface area (Å²) in [5.74, 6) is -1.39. The van der Waals surface area contributed by atoms with Crippen molar-refractivity contribution in [2.45, 2.75) is 10.6 Å². The van der Waals surface area contributed by atoms with Gasteiger partial charge in [0, 0.05) is 11.6 Å². The van der Waals surface area contributed by atoms with Crippen molar-refractivity contribution in [3.8, 4) is 11.5 Å². The van der Waals surface area contributed by atoms with Crippen LogP contribution in [0.15, 0.2) is 70.2 Å². The standard InChI is InChI=1S/C22H21NO8S/c1-28-16-8-9-18(19(12-16)29-2)23-20(24)13-31-22(25)21-15(10-11-30-21)14-32(26,27)17-6-4-3-5-7-17/h3-12H,13-14H2,1-2H3,(H,23,24). The van der Waals surface area contributed by atoms with Gasteiger partial charge in [-0.1, -0.05) is 18.2 Å². The first-order valence-electron chi connectivity index (χ1n) is 9.37. The highest BCUT2D eigenvalue weighted by atomic mass is 32.2. The molecule has 0 aliphatic carbocycles. The fourth-order valence-electron chi connectivity index (χ4n) is 2.83. The summed E-state index contributed by atoms with van der Waals surface area (Å²) < 4.78 is 45.5. The summed E-state index contributed by atoms with van der Waals surface area (Å²) in [5, 5.41) is 2.56. The molecule has 0 spiro atoms. The maximum absolute atomic E-state index is 12.6. The van der Waals surface area contributed by atoms with Crippen LogP contribution in [0.1, 0.15) is 16.1 Å². The molecule has 10 heteroatoms. The molecule has 168 valence electrons. The number of methoxy groups -OCH3 is 2. The molecule has 1 amide bonds. The number of nitrogens with one attached hydrogen (secondary N) is 1. The first-order valence-corrected chi connectivity index (χ1v) is 11.0. The number of sulfone groups is 1. The molecule has 0 atom stereocenters. The van der Waals surface area contributed by atoms with Gasteiger partial charge in [-0.3, -0.25) is 4.79 Å². The fourth-order valence-corrected chi connectivity index (χ4v) is 4.20. The summed E-state index contributed by atoms with van der Waals surface area (Å²) in [5.41, 5.74) is 0.498. The number of carbonyl (C=O) groups is 2. The number of rotatable bonds is 9. The van der Waals surface area contributed by atoms with Crippen LogP contribution in [-0.2, 0) is 25.1 Å². The number of esters is 1. The summed E-state index contributed by atoms with van der Waals surface area (Å²) >= 11 is 0. The molecular formula is C22H21NO8S. The molecule has 32 heavy (non-hydrogen) atoms. The third-order valence-corrected chi connectivity index (χ3v) is 6.08. The van der Waals surface area contributed by atoms with Gasteiger partial charge in [0.15, 0.2) is 16.4 Å². The van der Waals surface area contributed by atoms with Crippen molar-refractivity contribution in [2.75, 3.05) is 26.1 Å². The SMILES string of the molecule is COc1ccc(NC(=O)COC(=O)c2occc2CS(=O)(=O)c2ccccc2)c(OC)c1. The average molecular weight is 459 g/mol. The van der Waals surface area contributed by atoms with Gasteiger partial charge in [0.2, 0.25) is 5.76 Å². The van der Waals surface area contributed by atoms with Crippen LogP contribution in [0.2, 0.25) is 0 Å². The van der Waals surface area contributed by atoms with Crippen molar-refractivity contribution in [3.05, 3.63) is 72.2 Å². The zero-order chi connectivity index (χ0) is 23.1. The molecule has 3 rings (SSSR count). The Kier molecular flexibility index (Phi) is 7.16. The number of furan rings is 1. The monoisotopic (exact) mass is 459 g/mol. The molecule has 9 nitrogen and oxygen atoms in total. The Balaban J connectivity index is 1.63. The molecule has 0 saturated heterocycles. The minimum atomic E-state index is -3.70. The molecule has 0 unspecified atom stereocenters. The fraction of sp³-hybridized carbons (Fsp3) is 0.182. The van der Waals surface area contributed by atoms with E-state index in [1.165, 1.54) is 38.7 Å². The van der Waals surface area contributed by atoms with Gasteiger partial charge >= 0.3 is 5.97 Å². The van der Waals surface area contributed by atoms with E-state index in [0.717, 1.165) is 0 Å². The molecule has 0 saturated carbocycles. The van der Waals surface area contributed by atoms with Gasteiger partial charge in [-0.15, -0.1) is 0 Å². The van der Waals surface area contributed by atoms with Crippen molar-refractivity contribution < 1.29 is 36.6 Å². The van der Waals surface area contributed by atoms with Crippen LogP contribution in [-0.4, -0.2) is 41.1 Å². The van der Waals surface area contributed by atoms with E-state index in [9.17, 15) is 18.0 Å². The predicted molar refractivity (Wildman–Crippen MR) is 114 cm³/mol. The van der Waals surface area contributed by atoms with E-state index in [1.807, 2.05) is 0 Å². The maximum Gasteiger partial charge on any atom is 0.375 e. The van der Waals surface area contributed by atoms with Gasteiger partial charge in [0.05, 0.1) is 36.8 Å². The first-order chi connectivity index (χ1) is 15.3. The normalized spacial score (nSPS) is 10.9. The van der Waals surface area contributed by atoms with Crippen molar-refractivity contribution >= 4 is 27.4 Å². The van der Waals surface area contributed by atoms with E-state index in [0.29, 0.717) is 17.2 Å². The van der Waals surface area contributed by atoms with Crippen LogP contribution in [0.25, 0.3) is 0 Å². The molecule has 0 aliphatic heterocycles. The Labute approximate surface area is 184 Å². The van der Waals surface area contributed by atoms with E-state index in [1.54, 1.807) is 36.4 Å². The van der Waals surface area contributed by atoms with Gasteiger partial charge in [0.25, 0.3) is 5.91 Å². The molecule has 0 radical (unpaired) electrons. The average Bonchev–Trinajstić information content (AvgIpc) is 3.25. The second-order valence-corrected chi connectivity index (χ2v) is 8.53. The zero-order valence-electron chi connectivity index (χ0n) is 17.4. The molecular weight excluding hydrogens is 438 g/mol. The Morgan fingerprint density at radius 2 is 1.75 bits per heavy atom. The molecule has 2 aromatic carbocycles. The number of hydrogen-bond acceptors (Lipinski definition) is 8. The van der Waals surface area contributed by atoms with Crippen molar-refractivity contribution in [1.29, 1.82) is 0 Å². The van der Waals surface area contributed by atoms with E-state index in [2.05, 4.69) is 5.32 Å². The zero-order valence-corrected chi connectivity index (χ0v) is 18.2. The molecule has 0 fully saturated rings. The maximum atomic E-state index is 12.6. The third kappa shape index (κ3) is 5.46. The van der Waals surface area contributed by atoms with E-state index < -0.39 is 34.1 Å². The highest BCUT2D eigenvalue weighted by molar-refractivity contribution is 7.90. The van der Waals surface area contributed by atoms with Crippen LogP contribution in [0.4, 0.5) is 5.69 Å². The van der Waals surface area contributed by atoms with Crippen LogP contribution in [0.3, 0.4) is 0 Å². The van der Waals surface area contributed by atoms with Crippen molar-refractivity contribution in [1.82, 2.24) is 0 Å². The van der Waals surface area contributed by atoms with Crippen LogP contribution < -0.4 is 14.8 Å². The van der Waals surface area contributed by atoms with Gasteiger partial charge in [-0.25, -0.2) is 13.2 Å². The predicted octanol–water partition coefficient (Wildman–Crippen LogP) is 3.07. The smallest absolute Gasteiger partial charge is 0.375 e. The number of ether oxygens (including phenoxy) is 3. The molecule has 1 aromatic heterocycles. The van der Waals surface area contributed by atoms with Crippen LogP contribution in [0, 0.1) is 0 Å². The molecule has 3 aromatic rings. The second kappa shape index (κ2) is 10.0. The Morgan fingerprint density at radius 3 is 2.44 bits per heavy atom. The highest BCUT2D eigenvalue weighted by Gasteiger charge is 2.24. The van der Waals surface area contributed by atoms with E-state index in [4.69, 9.17) is 18.6 Å². The second-order valence-electron chi connectivity index (χ2n) is 6.54. The van der Waals surface area contributed by atoms with Gasteiger partial charge in [-0.2, -0.15) is 0 Å². The lowest BCUT2D eigenvalue weighted by atomic mass is 10.2. The van der Waals surface area contributed by atoms with Gasteiger partial charge < -0.3 is 23.9 Å². The van der Waals surface area contributed by atoms with Crippen molar-refractivity contribution in [3.63, 3.8) is 0 Å². The summed E-state index contributed by atoms with van der Waals surface area (Å²) in [6.07, 6.45) is 1.19. The lowest BCUT2D eigenvalue weighted by Gasteiger charge is -2.11. The minimum absolute atomic E-state index is 0.119. The largest absolute Gasteiger partial charge is 0.497 e. The van der Waals surface area contributed by atoms with Crippen LogP contribution in [0.5, 0.6) is 11.5 Å². The number of hydrogen-bond donors (Lipinski definition) is 1. The topological polar surface area (TPSA) is 121 Å². The third-order valence-electron chi connectivity index (χ3n) is 4.40. The molecule has 0 aliphatic rings. The quantitative estimate of drug-likeness (QED) is 0.485. The Bertz CT molecular complexity index is 1200. The number of anilines is 1. The molecule has 1 heterocycles. The van der Waals surface area contributed by atoms with Crippen LogP contribution >= 0.6 is 0 Å². The Hall–Kier alpha value is -3.79. The summed E-state index contributed by atoms with van der Waals surface area (Å²) in [7, 11) is -0.759. The first kappa shape index (κ1) is 22.9. The summed E-state index contributed by atoms with van der Waals surface area (Å²) in [6.45, 7) is -0.612. The Morgan fingerprint density at radius 1 is 1.00 bits per heavy atom. The van der Waals surface area contributed by atoms with E-state index >= 15 is 0 Å². The number of carbonyl (C=O) groups excluding carboxylic acids is 2. The molecule has 0 bridgehead atoms. The minimum Gasteiger partial charge on any atom is -0.497 e. The van der Waals surface area contributed by atoms with Gasteiger partial charge in [-0.05, 0) is 30.3 Å². The lowest BCUT2D eigenvalue weighted by Crippen LogP contribution is -2.21. The summed E-state index contributed by atoms with van der Waals surface area (Å²) in [4.78, 5) is 24.7. The van der Waals surface area contributed by atoms with Gasteiger partial charge in [0.1, 0.15) is 11.5 Å². The highest BCUT2D eigenvalue weighted by Crippen LogP contribution is 2.29. The summed E-state index contributed by atoms with van der Waals surface area (Å²) in [6, 6.07) is 14.0.